The molecule has 3 heteroatoms. The summed E-state index contributed by atoms with van der Waals surface area (Å²) >= 11 is 0. The summed E-state index contributed by atoms with van der Waals surface area (Å²) in [5.41, 5.74) is 3.16. The standard InChI is InChI=1S/C18H20O3/c1-20-17-12-15(9-6-10-19)13-18(21-2)16(17)11-14-7-4-3-5-8-14/h3-9,12-13,19H,10-11H2,1-2H3/b9-6+. The monoisotopic (exact) mass is 284 g/mol. The van der Waals surface area contributed by atoms with Crippen LogP contribution in [0.15, 0.2) is 48.5 Å². The number of methoxy groups -OCH3 is 2. The Balaban J connectivity index is 2.41. The van der Waals surface area contributed by atoms with Crippen molar-refractivity contribution in [3.05, 3.63) is 65.2 Å². The van der Waals surface area contributed by atoms with Gasteiger partial charge in [-0.15, -0.1) is 0 Å². The van der Waals surface area contributed by atoms with Gasteiger partial charge in [-0.3, -0.25) is 0 Å². The van der Waals surface area contributed by atoms with Crippen molar-refractivity contribution in [1.29, 1.82) is 0 Å². The van der Waals surface area contributed by atoms with Crippen LogP contribution in [0.2, 0.25) is 0 Å². The quantitative estimate of drug-likeness (QED) is 0.884. The van der Waals surface area contributed by atoms with Crippen LogP contribution >= 0.6 is 0 Å². The zero-order valence-electron chi connectivity index (χ0n) is 12.4. The number of hydrogen-bond donors (Lipinski definition) is 1. The smallest absolute Gasteiger partial charge is 0.126 e. The van der Waals surface area contributed by atoms with Crippen LogP contribution in [-0.2, 0) is 6.42 Å². The Morgan fingerprint density at radius 1 is 1.00 bits per heavy atom. The first-order valence-electron chi connectivity index (χ1n) is 6.84. The lowest BCUT2D eigenvalue weighted by Gasteiger charge is -2.14. The third-order valence-corrected chi connectivity index (χ3v) is 3.27. The molecule has 0 aliphatic rings. The van der Waals surface area contributed by atoms with E-state index in [1.807, 2.05) is 36.4 Å². The van der Waals surface area contributed by atoms with Gasteiger partial charge in [-0.2, -0.15) is 0 Å². The second kappa shape index (κ2) is 7.50. The molecule has 2 rings (SSSR count). The van der Waals surface area contributed by atoms with Crippen LogP contribution in [0.1, 0.15) is 16.7 Å². The highest BCUT2D eigenvalue weighted by atomic mass is 16.5. The normalized spacial score (nSPS) is 10.8. The van der Waals surface area contributed by atoms with Gasteiger partial charge in [0.05, 0.1) is 20.8 Å². The van der Waals surface area contributed by atoms with Gasteiger partial charge in [0.25, 0.3) is 0 Å². The molecule has 0 fully saturated rings. The van der Waals surface area contributed by atoms with Crippen molar-refractivity contribution in [2.75, 3.05) is 20.8 Å². The molecule has 2 aromatic carbocycles. The zero-order chi connectivity index (χ0) is 15.1. The molecule has 0 aliphatic heterocycles. The molecule has 0 aliphatic carbocycles. The van der Waals surface area contributed by atoms with Crippen molar-refractivity contribution in [1.82, 2.24) is 0 Å². The van der Waals surface area contributed by atoms with Crippen molar-refractivity contribution in [2.24, 2.45) is 0 Å². The molecule has 0 radical (unpaired) electrons. The van der Waals surface area contributed by atoms with E-state index in [0.29, 0.717) is 0 Å². The highest BCUT2D eigenvalue weighted by Crippen LogP contribution is 2.33. The topological polar surface area (TPSA) is 38.7 Å². The van der Waals surface area contributed by atoms with Crippen molar-refractivity contribution >= 4 is 6.08 Å². The molecular formula is C18H20O3. The Morgan fingerprint density at radius 3 is 2.14 bits per heavy atom. The van der Waals surface area contributed by atoms with E-state index < -0.39 is 0 Å². The summed E-state index contributed by atoms with van der Waals surface area (Å²) in [6, 6.07) is 14.1. The summed E-state index contributed by atoms with van der Waals surface area (Å²) in [5.74, 6) is 1.58. The van der Waals surface area contributed by atoms with Crippen LogP contribution in [0.25, 0.3) is 6.08 Å². The molecule has 0 spiro atoms. The number of hydrogen-bond acceptors (Lipinski definition) is 3. The molecular weight excluding hydrogens is 264 g/mol. The summed E-state index contributed by atoms with van der Waals surface area (Å²) < 4.78 is 11.0. The molecule has 2 aromatic rings. The summed E-state index contributed by atoms with van der Waals surface area (Å²) in [7, 11) is 3.31. The molecule has 0 saturated carbocycles. The van der Waals surface area contributed by atoms with E-state index in [9.17, 15) is 0 Å². The van der Waals surface area contributed by atoms with Crippen molar-refractivity contribution < 1.29 is 14.6 Å². The molecule has 0 bridgehead atoms. The molecule has 3 nitrogen and oxygen atoms in total. The second-order valence-corrected chi connectivity index (χ2v) is 4.65. The fourth-order valence-electron chi connectivity index (χ4n) is 2.26. The van der Waals surface area contributed by atoms with Crippen molar-refractivity contribution in [2.45, 2.75) is 6.42 Å². The average molecular weight is 284 g/mol. The lowest BCUT2D eigenvalue weighted by Crippen LogP contribution is -1.99. The van der Waals surface area contributed by atoms with Crippen LogP contribution in [-0.4, -0.2) is 25.9 Å². The number of ether oxygens (including phenoxy) is 2. The lowest BCUT2D eigenvalue weighted by atomic mass is 10.0. The predicted octanol–water partition coefficient (Wildman–Crippen LogP) is 3.30. The summed E-state index contributed by atoms with van der Waals surface area (Å²) in [5, 5.41) is 8.88. The molecule has 1 N–H and O–H groups in total. The zero-order valence-corrected chi connectivity index (χ0v) is 12.4. The first-order valence-corrected chi connectivity index (χ1v) is 6.84. The molecule has 21 heavy (non-hydrogen) atoms. The molecule has 0 unspecified atom stereocenters. The highest BCUT2D eigenvalue weighted by Gasteiger charge is 2.12. The minimum Gasteiger partial charge on any atom is -0.496 e. The Kier molecular flexibility index (Phi) is 5.41. The van der Waals surface area contributed by atoms with Crippen LogP contribution in [0.3, 0.4) is 0 Å². The van der Waals surface area contributed by atoms with Crippen molar-refractivity contribution in [3.8, 4) is 11.5 Å². The summed E-state index contributed by atoms with van der Waals surface area (Å²) in [4.78, 5) is 0. The van der Waals surface area contributed by atoms with Gasteiger partial charge < -0.3 is 14.6 Å². The van der Waals surface area contributed by atoms with Gasteiger partial charge in [0.1, 0.15) is 11.5 Å². The molecule has 0 heterocycles. The van der Waals surface area contributed by atoms with E-state index in [-0.39, 0.29) is 6.61 Å². The second-order valence-electron chi connectivity index (χ2n) is 4.65. The first-order chi connectivity index (χ1) is 10.3. The van der Waals surface area contributed by atoms with Gasteiger partial charge in [-0.25, -0.2) is 0 Å². The fraction of sp³-hybridized carbons (Fsp3) is 0.222. The van der Waals surface area contributed by atoms with E-state index in [2.05, 4.69) is 12.1 Å². The van der Waals surface area contributed by atoms with E-state index in [4.69, 9.17) is 14.6 Å². The first kappa shape index (κ1) is 15.1. The third kappa shape index (κ3) is 3.86. The third-order valence-electron chi connectivity index (χ3n) is 3.27. The molecule has 110 valence electrons. The molecule has 0 atom stereocenters. The number of aliphatic hydroxyl groups excluding tert-OH is 1. The minimum absolute atomic E-state index is 0.0103. The van der Waals surface area contributed by atoms with E-state index in [1.165, 1.54) is 5.56 Å². The number of rotatable bonds is 6. The van der Waals surface area contributed by atoms with Gasteiger partial charge in [-0.05, 0) is 23.3 Å². The number of aliphatic hydroxyl groups is 1. The number of benzene rings is 2. The largest absolute Gasteiger partial charge is 0.496 e. The minimum atomic E-state index is 0.0103. The molecule has 0 saturated heterocycles. The molecule has 0 aromatic heterocycles. The van der Waals surface area contributed by atoms with E-state index in [0.717, 1.165) is 29.0 Å². The van der Waals surface area contributed by atoms with Gasteiger partial charge >= 0.3 is 0 Å². The predicted molar refractivity (Wildman–Crippen MR) is 84.9 cm³/mol. The van der Waals surface area contributed by atoms with Gasteiger partial charge in [0.2, 0.25) is 0 Å². The maximum absolute atomic E-state index is 8.88. The van der Waals surface area contributed by atoms with Crippen LogP contribution in [0.4, 0.5) is 0 Å². The highest BCUT2D eigenvalue weighted by molar-refractivity contribution is 5.59. The van der Waals surface area contributed by atoms with E-state index in [1.54, 1.807) is 20.3 Å². The van der Waals surface area contributed by atoms with E-state index >= 15 is 0 Å². The van der Waals surface area contributed by atoms with Gasteiger partial charge in [0, 0.05) is 12.0 Å². The van der Waals surface area contributed by atoms with Gasteiger partial charge in [0.15, 0.2) is 0 Å². The maximum Gasteiger partial charge on any atom is 0.126 e. The van der Waals surface area contributed by atoms with Crippen LogP contribution in [0, 0.1) is 0 Å². The Bertz CT molecular complexity index is 578. The SMILES string of the molecule is COc1cc(/C=C/CO)cc(OC)c1Cc1ccccc1. The van der Waals surface area contributed by atoms with Gasteiger partial charge in [-0.1, -0.05) is 42.5 Å². The molecule has 0 amide bonds. The summed E-state index contributed by atoms with van der Waals surface area (Å²) in [6.45, 7) is 0.0103. The van der Waals surface area contributed by atoms with Crippen LogP contribution in [0.5, 0.6) is 11.5 Å². The fourth-order valence-corrected chi connectivity index (χ4v) is 2.26. The summed E-state index contributed by atoms with van der Waals surface area (Å²) in [6.07, 6.45) is 4.28. The Morgan fingerprint density at radius 2 is 1.62 bits per heavy atom. The van der Waals surface area contributed by atoms with Crippen molar-refractivity contribution in [3.63, 3.8) is 0 Å². The maximum atomic E-state index is 8.88. The average Bonchev–Trinajstić information content (AvgIpc) is 2.54. The lowest BCUT2D eigenvalue weighted by molar-refractivity contribution is 0.343. The Hall–Kier alpha value is -2.26. The Labute approximate surface area is 125 Å². The van der Waals surface area contributed by atoms with Crippen LogP contribution < -0.4 is 9.47 Å².